The molecule has 9 aromatic carbocycles. The number of aromatic nitrogens is 1. The molecule has 2 heteroatoms. The lowest BCUT2D eigenvalue weighted by molar-refractivity contribution is 1.18. The summed E-state index contributed by atoms with van der Waals surface area (Å²) in [6.07, 6.45) is 0. The second kappa shape index (κ2) is 10.7. The summed E-state index contributed by atoms with van der Waals surface area (Å²) < 4.78 is 2.43. The molecule has 0 saturated carbocycles. The maximum absolute atomic E-state index is 2.43. The Bertz CT molecular complexity index is 2980. The van der Waals surface area contributed by atoms with Crippen molar-refractivity contribution in [3.63, 3.8) is 0 Å². The Labute approximate surface area is 294 Å². The number of hydrogen-bond acceptors (Lipinski definition) is 1. The van der Waals surface area contributed by atoms with Gasteiger partial charge in [-0.1, -0.05) is 139 Å². The first kappa shape index (κ1) is 27.8. The van der Waals surface area contributed by atoms with Gasteiger partial charge in [0.15, 0.2) is 0 Å². The quantitative estimate of drug-likeness (QED) is 0.184. The van der Waals surface area contributed by atoms with Crippen molar-refractivity contribution in [3.8, 4) is 39.1 Å². The largest absolute Gasteiger partial charge is 0.309 e. The lowest BCUT2D eigenvalue weighted by Gasteiger charge is -2.21. The summed E-state index contributed by atoms with van der Waals surface area (Å²) in [7, 11) is 0. The Morgan fingerprint density at radius 1 is 0.340 bits per heavy atom. The predicted octanol–water partition coefficient (Wildman–Crippen LogP) is 13.7. The highest BCUT2D eigenvalue weighted by Gasteiger charge is 2.20. The van der Waals surface area contributed by atoms with Crippen LogP contribution in [-0.2, 0) is 0 Å². The van der Waals surface area contributed by atoms with Crippen molar-refractivity contribution in [1.29, 1.82) is 0 Å². The van der Waals surface area contributed by atoms with Gasteiger partial charge in [0, 0.05) is 31.6 Å². The third-order valence-corrected chi connectivity index (χ3v) is 11.7. The van der Waals surface area contributed by atoms with Gasteiger partial charge in [-0.3, -0.25) is 0 Å². The van der Waals surface area contributed by atoms with Gasteiger partial charge in [0.1, 0.15) is 0 Å². The molecule has 0 N–H and O–H groups in total. The summed E-state index contributed by atoms with van der Waals surface area (Å²) >= 11 is 1.88. The number of benzene rings is 9. The average Bonchev–Trinajstić information content (AvgIpc) is 3.51. The zero-order valence-corrected chi connectivity index (χ0v) is 27.9. The van der Waals surface area contributed by atoms with Crippen LogP contribution in [0.5, 0.6) is 0 Å². The molecule has 10 aromatic rings. The molecule has 1 aliphatic heterocycles. The maximum atomic E-state index is 2.43. The minimum atomic E-state index is 1.17. The molecule has 0 atom stereocenters. The SMILES string of the molecule is c1ccc2cc3c(cc2c1)c1c2ccccc2ccc1n3-c1ccc(-c2ccc(-c3ccc4c(c3)-c3cccc5cccc(c35)S4)cc2)cc1. The van der Waals surface area contributed by atoms with Crippen molar-refractivity contribution in [2.45, 2.75) is 9.79 Å². The van der Waals surface area contributed by atoms with Gasteiger partial charge < -0.3 is 4.57 Å². The molecule has 1 nitrogen and oxygen atoms in total. The second-order valence-electron chi connectivity index (χ2n) is 13.3. The first-order valence-electron chi connectivity index (χ1n) is 17.2. The second-order valence-corrected chi connectivity index (χ2v) is 14.4. The highest BCUT2D eigenvalue weighted by Crippen LogP contribution is 2.49. The number of nitrogens with zero attached hydrogens (tertiary/aromatic N) is 1. The molecule has 0 spiro atoms. The molecule has 1 aliphatic rings. The molecule has 2 heterocycles. The molecular weight excluding hydrogens is 623 g/mol. The van der Waals surface area contributed by atoms with Crippen molar-refractivity contribution in [3.05, 3.63) is 176 Å². The van der Waals surface area contributed by atoms with Crippen LogP contribution in [-0.4, -0.2) is 4.57 Å². The first-order valence-corrected chi connectivity index (χ1v) is 18.0. The van der Waals surface area contributed by atoms with Crippen LogP contribution in [0.1, 0.15) is 0 Å². The Morgan fingerprint density at radius 3 is 1.78 bits per heavy atom. The number of hydrogen-bond donors (Lipinski definition) is 0. The van der Waals surface area contributed by atoms with Gasteiger partial charge in [0.2, 0.25) is 0 Å². The molecule has 0 bridgehead atoms. The van der Waals surface area contributed by atoms with E-state index >= 15 is 0 Å². The van der Waals surface area contributed by atoms with Crippen molar-refractivity contribution < 1.29 is 0 Å². The minimum Gasteiger partial charge on any atom is -0.309 e. The van der Waals surface area contributed by atoms with Crippen LogP contribution < -0.4 is 0 Å². The predicted molar refractivity (Wildman–Crippen MR) is 214 cm³/mol. The lowest BCUT2D eigenvalue weighted by atomic mass is 9.94. The molecule has 50 heavy (non-hydrogen) atoms. The van der Waals surface area contributed by atoms with Crippen LogP contribution in [0.2, 0.25) is 0 Å². The van der Waals surface area contributed by atoms with Gasteiger partial charge in [0.25, 0.3) is 0 Å². The molecular formula is C48H29NS. The number of rotatable bonds is 3. The summed E-state index contributed by atoms with van der Waals surface area (Å²) in [5.74, 6) is 0. The molecule has 0 fully saturated rings. The molecule has 0 amide bonds. The van der Waals surface area contributed by atoms with E-state index in [2.05, 4.69) is 180 Å². The van der Waals surface area contributed by atoms with Crippen LogP contribution in [0.4, 0.5) is 0 Å². The van der Waals surface area contributed by atoms with Crippen molar-refractivity contribution in [2.24, 2.45) is 0 Å². The van der Waals surface area contributed by atoms with Crippen LogP contribution in [0.25, 0.3) is 93.2 Å². The summed E-state index contributed by atoms with van der Waals surface area (Å²) in [5, 5.41) is 10.3. The fourth-order valence-electron chi connectivity index (χ4n) is 8.15. The van der Waals surface area contributed by atoms with E-state index in [0.29, 0.717) is 0 Å². The zero-order valence-electron chi connectivity index (χ0n) is 27.1. The van der Waals surface area contributed by atoms with E-state index in [1.807, 2.05) is 11.8 Å². The summed E-state index contributed by atoms with van der Waals surface area (Å²) in [5.41, 5.74) is 11.2. The van der Waals surface area contributed by atoms with Crippen LogP contribution in [0.3, 0.4) is 0 Å². The van der Waals surface area contributed by atoms with E-state index in [1.165, 1.54) is 103 Å². The van der Waals surface area contributed by atoms with Gasteiger partial charge in [-0.25, -0.2) is 0 Å². The van der Waals surface area contributed by atoms with Crippen LogP contribution >= 0.6 is 11.8 Å². The summed E-state index contributed by atoms with van der Waals surface area (Å²) in [4.78, 5) is 2.66. The van der Waals surface area contributed by atoms with E-state index in [0.717, 1.165) is 0 Å². The van der Waals surface area contributed by atoms with E-state index in [4.69, 9.17) is 0 Å². The summed E-state index contributed by atoms with van der Waals surface area (Å²) in [6.45, 7) is 0. The molecule has 0 saturated heterocycles. The Kier molecular flexibility index (Phi) is 5.96. The Hall–Kier alpha value is -6.09. The van der Waals surface area contributed by atoms with Crippen molar-refractivity contribution >= 4 is 65.9 Å². The van der Waals surface area contributed by atoms with Gasteiger partial charge in [-0.15, -0.1) is 0 Å². The molecule has 232 valence electrons. The van der Waals surface area contributed by atoms with Gasteiger partial charge >= 0.3 is 0 Å². The topological polar surface area (TPSA) is 4.93 Å². The highest BCUT2D eigenvalue weighted by molar-refractivity contribution is 7.99. The monoisotopic (exact) mass is 651 g/mol. The first-order chi connectivity index (χ1) is 24.8. The number of fused-ring (bicyclic) bond motifs is 8. The summed E-state index contributed by atoms with van der Waals surface area (Å²) in [6, 6.07) is 65.0. The van der Waals surface area contributed by atoms with Gasteiger partial charge in [-0.2, -0.15) is 0 Å². The van der Waals surface area contributed by atoms with E-state index in [-0.39, 0.29) is 0 Å². The highest BCUT2D eigenvalue weighted by atomic mass is 32.2. The lowest BCUT2D eigenvalue weighted by Crippen LogP contribution is -1.94. The third kappa shape index (κ3) is 4.16. The normalized spacial score (nSPS) is 12.3. The Morgan fingerprint density at radius 2 is 0.980 bits per heavy atom. The van der Waals surface area contributed by atoms with E-state index < -0.39 is 0 Å². The molecule has 1 aromatic heterocycles. The molecule has 0 unspecified atom stereocenters. The van der Waals surface area contributed by atoms with Gasteiger partial charge in [-0.05, 0) is 109 Å². The maximum Gasteiger partial charge on any atom is 0.0547 e. The van der Waals surface area contributed by atoms with E-state index in [1.54, 1.807) is 0 Å². The average molecular weight is 652 g/mol. The van der Waals surface area contributed by atoms with Crippen LogP contribution in [0, 0.1) is 0 Å². The molecule has 11 rings (SSSR count). The fraction of sp³-hybridized carbons (Fsp3) is 0. The van der Waals surface area contributed by atoms with E-state index in [9.17, 15) is 0 Å². The van der Waals surface area contributed by atoms with Crippen LogP contribution in [0.15, 0.2) is 186 Å². The standard InChI is InChI=1S/C48H29NS/c1-2-9-36-29-44-42(28-35(36)8-1)48-39-12-4-3-7-33(39)21-25-43(48)49(44)38-23-19-31(20-24-38)30-15-17-32(18-16-30)37-22-26-45-41(27-37)40-13-5-10-34-11-6-14-46(50-45)47(34)40/h1-29H. The minimum absolute atomic E-state index is 1.17. The zero-order chi connectivity index (χ0) is 32.8. The Balaban J connectivity index is 0.975. The molecule has 0 radical (unpaired) electrons. The smallest absolute Gasteiger partial charge is 0.0547 e. The molecule has 0 aliphatic carbocycles. The fourth-order valence-corrected chi connectivity index (χ4v) is 9.28. The van der Waals surface area contributed by atoms with Crippen molar-refractivity contribution in [2.75, 3.05) is 0 Å². The van der Waals surface area contributed by atoms with Crippen molar-refractivity contribution in [1.82, 2.24) is 4.57 Å². The van der Waals surface area contributed by atoms with Gasteiger partial charge in [0.05, 0.1) is 11.0 Å². The third-order valence-electron chi connectivity index (χ3n) is 10.6.